The number of rotatable bonds is 5. The molecule has 0 aromatic carbocycles. The fourth-order valence-corrected chi connectivity index (χ4v) is 4.53. The number of likely N-dealkylation sites (tertiary alicyclic amines) is 3. The Balaban J connectivity index is 1.72. The summed E-state index contributed by atoms with van der Waals surface area (Å²) in [6.45, 7) is 10.9. The summed E-state index contributed by atoms with van der Waals surface area (Å²) in [4.78, 5) is 30.9. The van der Waals surface area contributed by atoms with E-state index in [1.165, 1.54) is 0 Å². The van der Waals surface area contributed by atoms with Gasteiger partial charge in [0.2, 0.25) is 5.91 Å². The molecular formula is C17H27N3O3. The van der Waals surface area contributed by atoms with Crippen molar-refractivity contribution in [1.29, 1.82) is 0 Å². The average Bonchev–Trinajstić information content (AvgIpc) is 3.05. The van der Waals surface area contributed by atoms with Gasteiger partial charge in [-0.3, -0.25) is 14.5 Å². The van der Waals surface area contributed by atoms with Crippen molar-refractivity contribution in [3.8, 4) is 0 Å². The Kier molecular flexibility index (Phi) is 4.47. The number of nitrogens with zero attached hydrogens (tertiary/aromatic N) is 3. The lowest BCUT2D eigenvalue weighted by molar-refractivity contribution is -0.149. The van der Waals surface area contributed by atoms with Crippen molar-refractivity contribution >= 4 is 11.9 Å². The smallest absolute Gasteiger partial charge is 0.313 e. The van der Waals surface area contributed by atoms with Crippen LogP contribution >= 0.6 is 0 Å². The highest BCUT2D eigenvalue weighted by Gasteiger charge is 2.62. The van der Waals surface area contributed by atoms with Gasteiger partial charge in [0.05, 0.1) is 5.92 Å². The summed E-state index contributed by atoms with van der Waals surface area (Å²) in [7, 11) is 0. The zero-order valence-corrected chi connectivity index (χ0v) is 13.9. The van der Waals surface area contributed by atoms with Gasteiger partial charge in [0.15, 0.2) is 0 Å². The van der Waals surface area contributed by atoms with Gasteiger partial charge >= 0.3 is 5.97 Å². The van der Waals surface area contributed by atoms with E-state index in [-0.39, 0.29) is 5.91 Å². The van der Waals surface area contributed by atoms with E-state index in [4.69, 9.17) is 0 Å². The predicted molar refractivity (Wildman–Crippen MR) is 87.0 cm³/mol. The highest BCUT2D eigenvalue weighted by Crippen LogP contribution is 2.45. The quantitative estimate of drug-likeness (QED) is 0.747. The van der Waals surface area contributed by atoms with Crippen LogP contribution in [-0.2, 0) is 9.59 Å². The molecule has 6 nitrogen and oxygen atoms in total. The number of carbonyl (C=O) groups is 2. The highest BCUT2D eigenvalue weighted by molar-refractivity contribution is 5.92. The normalized spacial score (nSPS) is 33.2. The van der Waals surface area contributed by atoms with Gasteiger partial charge in [-0.1, -0.05) is 13.0 Å². The number of carboxylic acids is 1. The van der Waals surface area contributed by atoms with Gasteiger partial charge in [-0.05, 0) is 32.5 Å². The number of piperidine rings is 1. The lowest BCUT2D eigenvalue weighted by Gasteiger charge is -2.37. The monoisotopic (exact) mass is 321 g/mol. The largest absolute Gasteiger partial charge is 0.481 e. The molecule has 3 fully saturated rings. The van der Waals surface area contributed by atoms with Gasteiger partial charge in [0, 0.05) is 32.2 Å². The zero-order chi connectivity index (χ0) is 16.6. The minimum atomic E-state index is -0.929. The molecule has 0 saturated carbocycles. The van der Waals surface area contributed by atoms with Crippen LogP contribution in [0.4, 0.5) is 0 Å². The molecule has 23 heavy (non-hydrogen) atoms. The number of hydrogen-bond acceptors (Lipinski definition) is 4. The maximum Gasteiger partial charge on any atom is 0.313 e. The van der Waals surface area contributed by atoms with E-state index in [1.54, 1.807) is 11.0 Å². The van der Waals surface area contributed by atoms with E-state index >= 15 is 0 Å². The van der Waals surface area contributed by atoms with Crippen molar-refractivity contribution in [2.75, 3.05) is 45.8 Å². The Morgan fingerprint density at radius 1 is 1.39 bits per heavy atom. The second-order valence-corrected chi connectivity index (χ2v) is 7.12. The van der Waals surface area contributed by atoms with E-state index in [0.29, 0.717) is 32.2 Å². The third-order valence-electron chi connectivity index (χ3n) is 5.95. The molecule has 0 unspecified atom stereocenters. The molecule has 128 valence electrons. The van der Waals surface area contributed by atoms with Crippen LogP contribution in [0.15, 0.2) is 12.7 Å². The lowest BCUT2D eigenvalue weighted by atomic mass is 9.81. The zero-order valence-electron chi connectivity index (χ0n) is 13.9. The molecular weight excluding hydrogens is 294 g/mol. The molecule has 1 amide bonds. The van der Waals surface area contributed by atoms with Gasteiger partial charge in [0.1, 0.15) is 5.41 Å². The van der Waals surface area contributed by atoms with Crippen molar-refractivity contribution in [2.24, 2.45) is 11.3 Å². The molecule has 6 heteroatoms. The number of hydrogen-bond donors (Lipinski definition) is 1. The van der Waals surface area contributed by atoms with E-state index in [1.807, 2.05) is 0 Å². The van der Waals surface area contributed by atoms with E-state index < -0.39 is 17.3 Å². The molecule has 3 saturated heterocycles. The Labute approximate surface area is 137 Å². The van der Waals surface area contributed by atoms with Crippen molar-refractivity contribution in [3.05, 3.63) is 12.7 Å². The summed E-state index contributed by atoms with van der Waals surface area (Å²) in [5.74, 6) is -1.24. The van der Waals surface area contributed by atoms with Crippen LogP contribution in [0, 0.1) is 11.3 Å². The van der Waals surface area contributed by atoms with Gasteiger partial charge in [-0.15, -0.1) is 6.58 Å². The first-order chi connectivity index (χ1) is 11.0. The van der Waals surface area contributed by atoms with E-state index in [2.05, 4.69) is 23.3 Å². The third-order valence-corrected chi connectivity index (χ3v) is 5.95. The van der Waals surface area contributed by atoms with Crippen LogP contribution in [0.1, 0.15) is 19.8 Å². The second kappa shape index (κ2) is 6.24. The van der Waals surface area contributed by atoms with Gasteiger partial charge in [-0.25, -0.2) is 0 Å². The van der Waals surface area contributed by atoms with Crippen molar-refractivity contribution in [3.63, 3.8) is 0 Å². The summed E-state index contributed by atoms with van der Waals surface area (Å²) in [5, 5.41) is 9.83. The van der Waals surface area contributed by atoms with Crippen LogP contribution in [-0.4, -0.2) is 83.5 Å². The summed E-state index contributed by atoms with van der Waals surface area (Å²) >= 11 is 0. The van der Waals surface area contributed by atoms with Crippen molar-refractivity contribution in [2.45, 2.75) is 25.8 Å². The molecule has 0 bridgehead atoms. The first-order valence-electron chi connectivity index (χ1n) is 8.61. The predicted octanol–water partition coefficient (Wildman–Crippen LogP) is 0.502. The van der Waals surface area contributed by atoms with Crippen LogP contribution < -0.4 is 0 Å². The Hall–Kier alpha value is -1.40. The highest BCUT2D eigenvalue weighted by atomic mass is 16.4. The first kappa shape index (κ1) is 16.5. The molecule has 3 rings (SSSR count). The average molecular weight is 321 g/mol. The first-order valence-corrected chi connectivity index (χ1v) is 8.61. The summed E-state index contributed by atoms with van der Waals surface area (Å²) in [6.07, 6.45) is 3.81. The summed E-state index contributed by atoms with van der Waals surface area (Å²) in [6, 6.07) is 0.417. The number of amides is 1. The topological polar surface area (TPSA) is 64.1 Å². The van der Waals surface area contributed by atoms with E-state index in [0.717, 1.165) is 32.5 Å². The second-order valence-electron chi connectivity index (χ2n) is 7.12. The summed E-state index contributed by atoms with van der Waals surface area (Å²) in [5.41, 5.74) is -0.929. The SMILES string of the molecule is C=CCN1C[C@@]2(C(=O)O)CN(C3CCN(CC)CC3)C[C@H]2C1=O. The molecule has 0 radical (unpaired) electrons. The standard InChI is InChI=1S/C17H27N3O3/c1-3-7-19-11-17(16(22)23)12-20(10-14(17)15(19)21)13-5-8-18(4-2)9-6-13/h3,13-14H,1,4-12H2,2H3,(H,22,23)/t14-,17+/m0/s1. The maximum atomic E-state index is 12.6. The fourth-order valence-electron chi connectivity index (χ4n) is 4.53. The number of carbonyl (C=O) groups excluding carboxylic acids is 1. The minimum Gasteiger partial charge on any atom is -0.481 e. The van der Waals surface area contributed by atoms with Gasteiger partial charge in [-0.2, -0.15) is 0 Å². The fraction of sp³-hybridized carbons (Fsp3) is 0.765. The van der Waals surface area contributed by atoms with Crippen molar-refractivity contribution < 1.29 is 14.7 Å². The number of carboxylic acid groups (broad SMARTS) is 1. The Morgan fingerprint density at radius 3 is 2.61 bits per heavy atom. The molecule has 1 N–H and O–H groups in total. The molecule has 0 aromatic heterocycles. The molecule has 0 aliphatic carbocycles. The maximum absolute atomic E-state index is 12.6. The molecule has 2 atom stereocenters. The van der Waals surface area contributed by atoms with Crippen LogP contribution in [0.25, 0.3) is 0 Å². The number of aliphatic carboxylic acids is 1. The molecule has 0 spiro atoms. The Morgan fingerprint density at radius 2 is 2.09 bits per heavy atom. The van der Waals surface area contributed by atoms with Gasteiger partial charge in [0.25, 0.3) is 0 Å². The number of fused-ring (bicyclic) bond motifs is 1. The van der Waals surface area contributed by atoms with E-state index in [9.17, 15) is 14.7 Å². The van der Waals surface area contributed by atoms with Crippen LogP contribution in [0.3, 0.4) is 0 Å². The third kappa shape index (κ3) is 2.68. The van der Waals surface area contributed by atoms with Crippen molar-refractivity contribution in [1.82, 2.24) is 14.7 Å². The van der Waals surface area contributed by atoms with Crippen LogP contribution in [0.2, 0.25) is 0 Å². The molecule has 3 aliphatic heterocycles. The summed E-state index contributed by atoms with van der Waals surface area (Å²) < 4.78 is 0. The lowest BCUT2D eigenvalue weighted by Crippen LogP contribution is -2.47. The molecule has 3 heterocycles. The molecule has 3 aliphatic rings. The Bertz CT molecular complexity index is 501. The minimum absolute atomic E-state index is 0.0132. The molecule has 0 aromatic rings. The van der Waals surface area contributed by atoms with Gasteiger partial charge < -0.3 is 14.9 Å². The van der Waals surface area contributed by atoms with Crippen LogP contribution in [0.5, 0.6) is 0 Å².